The van der Waals surface area contributed by atoms with E-state index in [2.05, 4.69) is 4.98 Å². The Morgan fingerprint density at radius 1 is 1.24 bits per heavy atom. The molecule has 0 N–H and O–H groups in total. The normalized spacial score (nSPS) is 11.6. The number of hydrogen-bond acceptors (Lipinski definition) is 6. The molecule has 7 heteroatoms. The van der Waals surface area contributed by atoms with Crippen LogP contribution in [0.5, 0.6) is 0 Å². The zero-order valence-corrected chi connectivity index (χ0v) is 15.6. The Hall–Kier alpha value is -1.99. The lowest BCUT2D eigenvalue weighted by atomic mass is 10.1. The number of nitrogens with zero attached hydrogens (tertiary/aromatic N) is 1. The number of methoxy groups -OCH3 is 1. The summed E-state index contributed by atoms with van der Waals surface area (Å²) in [7, 11) is -2.04. The average Bonchev–Trinajstić information content (AvgIpc) is 2.87. The fourth-order valence-electron chi connectivity index (χ4n) is 2.48. The van der Waals surface area contributed by atoms with E-state index in [-0.39, 0.29) is 18.0 Å². The van der Waals surface area contributed by atoms with Crippen LogP contribution in [0.4, 0.5) is 0 Å². The number of Topliss-reactive ketones (excluding diaryl/α,β-unsaturated/α-hetero) is 1. The average molecular weight is 365 g/mol. The second kappa shape index (κ2) is 8.40. The molecule has 2 aromatic rings. The van der Waals surface area contributed by atoms with Crippen LogP contribution in [0, 0.1) is 13.8 Å². The lowest BCUT2D eigenvalue weighted by Crippen LogP contribution is -2.18. The summed E-state index contributed by atoms with van der Waals surface area (Å²) in [5.41, 5.74) is 2.17. The van der Waals surface area contributed by atoms with Gasteiger partial charge in [-0.2, -0.15) is 0 Å². The maximum Gasteiger partial charge on any atom is 0.226 e. The van der Waals surface area contributed by atoms with Gasteiger partial charge in [0.1, 0.15) is 17.3 Å². The number of benzene rings is 1. The van der Waals surface area contributed by atoms with Crippen molar-refractivity contribution in [2.75, 3.05) is 19.5 Å². The summed E-state index contributed by atoms with van der Waals surface area (Å²) in [6.45, 7) is 4.05. The monoisotopic (exact) mass is 365 g/mol. The summed E-state index contributed by atoms with van der Waals surface area (Å²) >= 11 is 0. The molecule has 0 saturated heterocycles. The van der Waals surface area contributed by atoms with Crippen molar-refractivity contribution < 1.29 is 22.4 Å². The molecule has 1 heterocycles. The van der Waals surface area contributed by atoms with Crippen LogP contribution >= 0.6 is 0 Å². The molecule has 0 spiro atoms. The zero-order chi connectivity index (χ0) is 18.4. The van der Waals surface area contributed by atoms with Crippen molar-refractivity contribution in [2.45, 2.75) is 32.4 Å². The molecule has 0 atom stereocenters. The molecule has 1 aromatic heterocycles. The van der Waals surface area contributed by atoms with E-state index in [0.29, 0.717) is 30.4 Å². The van der Waals surface area contributed by atoms with Gasteiger partial charge in [0.15, 0.2) is 9.84 Å². The number of rotatable bonds is 9. The molecule has 0 radical (unpaired) electrons. The van der Waals surface area contributed by atoms with Crippen molar-refractivity contribution in [2.24, 2.45) is 0 Å². The smallest absolute Gasteiger partial charge is 0.226 e. The third-order valence-corrected chi connectivity index (χ3v) is 5.28. The number of ketones is 1. The summed E-state index contributed by atoms with van der Waals surface area (Å²) in [6.07, 6.45) is 0.713. The topological polar surface area (TPSA) is 86.5 Å². The third kappa shape index (κ3) is 5.51. The lowest BCUT2D eigenvalue weighted by Gasteiger charge is -2.03. The van der Waals surface area contributed by atoms with Crippen LogP contribution in [0.1, 0.15) is 29.9 Å². The summed E-state index contributed by atoms with van der Waals surface area (Å²) in [5.74, 6) is -0.245. The molecule has 0 unspecified atom stereocenters. The predicted molar refractivity (Wildman–Crippen MR) is 95.0 cm³/mol. The summed E-state index contributed by atoms with van der Waals surface area (Å²) < 4.78 is 35.0. The Bertz CT molecular complexity index is 839. The van der Waals surface area contributed by atoms with Crippen molar-refractivity contribution in [1.82, 2.24) is 4.98 Å². The number of hydrogen-bond donors (Lipinski definition) is 0. The van der Waals surface area contributed by atoms with Crippen LogP contribution in [-0.4, -0.2) is 38.7 Å². The largest absolute Gasteiger partial charge is 0.441 e. The molecule has 0 fully saturated rings. The third-order valence-electron chi connectivity index (χ3n) is 3.81. The van der Waals surface area contributed by atoms with Gasteiger partial charge in [-0.3, -0.25) is 4.79 Å². The number of ether oxygens (including phenoxy) is 1. The highest BCUT2D eigenvalue weighted by atomic mass is 32.2. The first kappa shape index (κ1) is 19.3. The van der Waals surface area contributed by atoms with Gasteiger partial charge in [0.25, 0.3) is 0 Å². The second-order valence-corrected chi connectivity index (χ2v) is 8.07. The van der Waals surface area contributed by atoms with Crippen molar-refractivity contribution >= 4 is 15.6 Å². The van der Waals surface area contributed by atoms with E-state index in [1.807, 2.05) is 31.2 Å². The van der Waals surface area contributed by atoms with Gasteiger partial charge in [0.05, 0.1) is 11.4 Å². The molecular formula is C18H23NO5S. The van der Waals surface area contributed by atoms with Crippen LogP contribution < -0.4 is 0 Å². The highest BCUT2D eigenvalue weighted by Crippen LogP contribution is 2.25. The zero-order valence-electron chi connectivity index (χ0n) is 14.7. The Morgan fingerprint density at radius 3 is 2.64 bits per heavy atom. The number of carbonyl (C=O) groups excluding carboxylic acids is 1. The SMILES string of the molecule is COCCCC(=O)CS(=O)(=O)Cc1nc(-c2ccccc2C)oc1C. The molecule has 25 heavy (non-hydrogen) atoms. The van der Waals surface area contributed by atoms with Gasteiger partial charge in [0.2, 0.25) is 5.89 Å². The predicted octanol–water partition coefficient (Wildman–Crippen LogP) is 2.87. The summed E-state index contributed by atoms with van der Waals surface area (Å²) in [5, 5.41) is 0. The molecule has 0 saturated carbocycles. The van der Waals surface area contributed by atoms with Crippen LogP contribution in [0.3, 0.4) is 0 Å². The van der Waals surface area contributed by atoms with E-state index in [0.717, 1.165) is 11.1 Å². The van der Waals surface area contributed by atoms with E-state index in [4.69, 9.17) is 9.15 Å². The molecule has 2 rings (SSSR count). The number of aryl methyl sites for hydroxylation is 2. The Kier molecular flexibility index (Phi) is 6.50. The number of oxazole rings is 1. The maximum atomic E-state index is 12.3. The Balaban J connectivity index is 2.10. The molecule has 0 amide bonds. The van der Waals surface area contributed by atoms with Gasteiger partial charge in [0, 0.05) is 25.7 Å². The molecule has 0 bridgehead atoms. The fraction of sp³-hybridized carbons (Fsp3) is 0.444. The Labute approximate surface area is 148 Å². The molecular weight excluding hydrogens is 342 g/mol. The maximum absolute atomic E-state index is 12.3. The van der Waals surface area contributed by atoms with Crippen LogP contribution in [0.2, 0.25) is 0 Å². The second-order valence-electron chi connectivity index (χ2n) is 6.00. The molecule has 1 aromatic carbocycles. The van der Waals surface area contributed by atoms with Gasteiger partial charge in [-0.25, -0.2) is 13.4 Å². The van der Waals surface area contributed by atoms with E-state index >= 15 is 0 Å². The van der Waals surface area contributed by atoms with Gasteiger partial charge in [-0.15, -0.1) is 0 Å². The van der Waals surface area contributed by atoms with Gasteiger partial charge < -0.3 is 9.15 Å². The minimum Gasteiger partial charge on any atom is -0.441 e. The van der Waals surface area contributed by atoms with Crippen molar-refractivity contribution in [3.63, 3.8) is 0 Å². The Morgan fingerprint density at radius 2 is 1.96 bits per heavy atom. The minimum absolute atomic E-state index is 0.194. The van der Waals surface area contributed by atoms with E-state index in [9.17, 15) is 13.2 Å². The van der Waals surface area contributed by atoms with Crippen molar-refractivity contribution in [1.29, 1.82) is 0 Å². The molecule has 0 aliphatic rings. The number of sulfone groups is 1. The summed E-state index contributed by atoms with van der Waals surface area (Å²) in [6, 6.07) is 7.59. The molecule has 0 aliphatic heterocycles. The molecule has 6 nitrogen and oxygen atoms in total. The number of aromatic nitrogens is 1. The van der Waals surface area contributed by atoms with Gasteiger partial charge in [-0.1, -0.05) is 18.2 Å². The first-order valence-corrected chi connectivity index (χ1v) is 9.88. The van der Waals surface area contributed by atoms with E-state index < -0.39 is 15.6 Å². The van der Waals surface area contributed by atoms with Gasteiger partial charge >= 0.3 is 0 Å². The van der Waals surface area contributed by atoms with Crippen LogP contribution in [-0.2, 0) is 25.1 Å². The van der Waals surface area contributed by atoms with Crippen molar-refractivity contribution in [3.8, 4) is 11.5 Å². The molecule has 136 valence electrons. The lowest BCUT2D eigenvalue weighted by molar-refractivity contribution is -0.116. The first-order chi connectivity index (χ1) is 11.8. The van der Waals surface area contributed by atoms with E-state index in [1.54, 1.807) is 14.0 Å². The highest BCUT2D eigenvalue weighted by Gasteiger charge is 2.22. The van der Waals surface area contributed by atoms with Crippen LogP contribution in [0.15, 0.2) is 28.7 Å². The van der Waals surface area contributed by atoms with Crippen molar-refractivity contribution in [3.05, 3.63) is 41.3 Å². The quantitative estimate of drug-likeness (QED) is 0.635. The minimum atomic E-state index is -3.59. The first-order valence-electron chi connectivity index (χ1n) is 8.06. The number of carbonyl (C=O) groups is 1. The summed E-state index contributed by atoms with van der Waals surface area (Å²) in [4.78, 5) is 16.1. The van der Waals surface area contributed by atoms with Crippen LogP contribution in [0.25, 0.3) is 11.5 Å². The molecule has 0 aliphatic carbocycles. The van der Waals surface area contributed by atoms with Gasteiger partial charge in [-0.05, 0) is 31.9 Å². The standard InChI is InChI=1S/C18H23NO5S/c1-13-7-4-5-9-16(13)18-19-17(14(2)24-18)12-25(21,22)11-15(20)8-6-10-23-3/h4-5,7,9H,6,8,10-12H2,1-3H3. The fourth-order valence-corrected chi connectivity index (χ4v) is 3.90. The highest BCUT2D eigenvalue weighted by molar-refractivity contribution is 7.91. The van der Waals surface area contributed by atoms with E-state index in [1.165, 1.54) is 0 Å².